The molecule has 3 N–H and O–H groups in total. The lowest BCUT2D eigenvalue weighted by atomic mass is 10.0. The number of phenolic OH excluding ortho intramolecular Hbond substituents is 2. The van der Waals surface area contributed by atoms with Gasteiger partial charge in [0.05, 0.1) is 5.69 Å². The van der Waals surface area contributed by atoms with Crippen molar-refractivity contribution < 1.29 is 24.6 Å². The number of nitrogens with one attached hydrogen (secondary N) is 1. The number of barbiturate groups is 1. The van der Waals surface area contributed by atoms with Crippen molar-refractivity contribution in [1.82, 2.24) is 5.32 Å². The summed E-state index contributed by atoms with van der Waals surface area (Å²) in [6.07, 6.45) is 1.25. The van der Waals surface area contributed by atoms with E-state index in [2.05, 4.69) is 5.32 Å². The zero-order chi connectivity index (χ0) is 19.7. The van der Waals surface area contributed by atoms with Gasteiger partial charge in [-0.3, -0.25) is 14.9 Å². The van der Waals surface area contributed by atoms with Crippen LogP contribution < -0.4 is 10.2 Å². The van der Waals surface area contributed by atoms with Crippen molar-refractivity contribution in [3.8, 4) is 11.5 Å². The third-order valence-electron chi connectivity index (χ3n) is 4.23. The van der Waals surface area contributed by atoms with Crippen LogP contribution in [-0.2, 0) is 9.59 Å². The minimum absolute atomic E-state index is 0.257. The van der Waals surface area contributed by atoms with Gasteiger partial charge < -0.3 is 10.2 Å². The summed E-state index contributed by atoms with van der Waals surface area (Å²) >= 11 is 0. The molecule has 0 unspecified atom stereocenters. The van der Waals surface area contributed by atoms with E-state index in [9.17, 15) is 24.6 Å². The summed E-state index contributed by atoms with van der Waals surface area (Å²) in [6.45, 7) is 4.06. The molecule has 0 aliphatic carbocycles. The predicted octanol–water partition coefficient (Wildman–Crippen LogP) is 2.89. The third kappa shape index (κ3) is 3.52. The average molecular weight is 366 g/mol. The van der Waals surface area contributed by atoms with Crippen LogP contribution in [0.1, 0.15) is 30.9 Å². The molecule has 0 spiro atoms. The smallest absolute Gasteiger partial charge is 0.335 e. The molecule has 0 atom stereocenters. The summed E-state index contributed by atoms with van der Waals surface area (Å²) < 4.78 is 0. The second kappa shape index (κ2) is 6.95. The van der Waals surface area contributed by atoms with Crippen LogP contribution in [0, 0.1) is 0 Å². The molecule has 0 radical (unpaired) electrons. The topological polar surface area (TPSA) is 107 Å². The second-order valence-electron chi connectivity index (χ2n) is 6.45. The molecule has 1 aliphatic rings. The molecule has 7 heteroatoms. The Morgan fingerprint density at radius 3 is 2.22 bits per heavy atom. The standard InChI is InChI=1S/C20H18N2O5/c1-11(2)13-4-6-14(7-5-13)22-19(26)15(18(25)21-20(22)27)9-12-3-8-16(23)17(24)10-12/h3-11,23-24H,1-2H3,(H,21,25,27)/b15-9-. The third-order valence-corrected chi connectivity index (χ3v) is 4.23. The van der Waals surface area contributed by atoms with Gasteiger partial charge in [-0.1, -0.05) is 32.0 Å². The lowest BCUT2D eigenvalue weighted by Gasteiger charge is -2.26. The van der Waals surface area contributed by atoms with Gasteiger partial charge in [0.1, 0.15) is 5.57 Å². The molecule has 2 aromatic carbocycles. The normalized spacial score (nSPS) is 16.2. The quantitative estimate of drug-likeness (QED) is 0.440. The second-order valence-corrected chi connectivity index (χ2v) is 6.45. The van der Waals surface area contributed by atoms with Gasteiger partial charge in [0.25, 0.3) is 11.8 Å². The maximum absolute atomic E-state index is 12.8. The molecular weight excluding hydrogens is 348 g/mol. The van der Waals surface area contributed by atoms with Crippen molar-refractivity contribution in [3.05, 3.63) is 59.2 Å². The molecule has 1 aliphatic heterocycles. The van der Waals surface area contributed by atoms with E-state index in [4.69, 9.17) is 0 Å². The van der Waals surface area contributed by atoms with Crippen LogP contribution in [0.25, 0.3) is 6.08 Å². The maximum atomic E-state index is 12.8. The van der Waals surface area contributed by atoms with Crippen molar-refractivity contribution in [1.29, 1.82) is 0 Å². The van der Waals surface area contributed by atoms with E-state index < -0.39 is 17.8 Å². The fraction of sp³-hybridized carbons (Fsp3) is 0.150. The number of hydrogen-bond donors (Lipinski definition) is 3. The molecule has 1 heterocycles. The maximum Gasteiger partial charge on any atom is 0.335 e. The largest absolute Gasteiger partial charge is 0.504 e. The molecule has 4 amide bonds. The Balaban J connectivity index is 1.98. The summed E-state index contributed by atoms with van der Waals surface area (Å²) in [5, 5.41) is 21.1. The van der Waals surface area contributed by atoms with E-state index in [1.165, 1.54) is 24.3 Å². The van der Waals surface area contributed by atoms with Gasteiger partial charge in [0.15, 0.2) is 11.5 Å². The first-order chi connectivity index (χ1) is 12.8. The molecule has 0 bridgehead atoms. The van der Waals surface area contributed by atoms with Crippen molar-refractivity contribution in [2.45, 2.75) is 19.8 Å². The number of amides is 4. The number of anilines is 1. The van der Waals surface area contributed by atoms with Gasteiger partial charge in [0, 0.05) is 0 Å². The molecule has 0 aromatic heterocycles. The predicted molar refractivity (Wildman–Crippen MR) is 99.3 cm³/mol. The van der Waals surface area contributed by atoms with E-state index in [1.807, 2.05) is 26.0 Å². The number of benzene rings is 2. The number of carbonyl (C=O) groups is 3. The highest BCUT2D eigenvalue weighted by atomic mass is 16.3. The van der Waals surface area contributed by atoms with Gasteiger partial charge in [-0.05, 0) is 47.4 Å². The van der Waals surface area contributed by atoms with Crippen molar-refractivity contribution >= 4 is 29.6 Å². The highest BCUT2D eigenvalue weighted by molar-refractivity contribution is 6.39. The van der Waals surface area contributed by atoms with Crippen LogP contribution in [0.2, 0.25) is 0 Å². The molecule has 27 heavy (non-hydrogen) atoms. The van der Waals surface area contributed by atoms with Gasteiger partial charge in [-0.15, -0.1) is 0 Å². The molecule has 7 nitrogen and oxygen atoms in total. The molecule has 3 rings (SSSR count). The van der Waals surface area contributed by atoms with Crippen LogP contribution in [0.3, 0.4) is 0 Å². The Labute approximate surface area is 155 Å². The zero-order valence-corrected chi connectivity index (χ0v) is 14.8. The number of carbonyl (C=O) groups excluding carboxylic acids is 3. The number of nitrogens with zero attached hydrogens (tertiary/aromatic N) is 1. The monoisotopic (exact) mass is 366 g/mol. The van der Waals surface area contributed by atoms with Crippen LogP contribution >= 0.6 is 0 Å². The van der Waals surface area contributed by atoms with Crippen LogP contribution in [-0.4, -0.2) is 28.1 Å². The molecular formula is C20H18N2O5. The van der Waals surface area contributed by atoms with E-state index in [0.29, 0.717) is 17.2 Å². The Morgan fingerprint density at radius 2 is 1.63 bits per heavy atom. The number of hydrogen-bond acceptors (Lipinski definition) is 5. The first-order valence-corrected chi connectivity index (χ1v) is 8.31. The van der Waals surface area contributed by atoms with Crippen molar-refractivity contribution in [3.63, 3.8) is 0 Å². The van der Waals surface area contributed by atoms with Gasteiger partial charge in [-0.25, -0.2) is 9.69 Å². The van der Waals surface area contributed by atoms with Gasteiger partial charge in [0.2, 0.25) is 0 Å². The van der Waals surface area contributed by atoms with E-state index in [-0.39, 0.29) is 17.1 Å². The van der Waals surface area contributed by atoms with Crippen LogP contribution in [0.5, 0.6) is 11.5 Å². The number of urea groups is 1. The Morgan fingerprint density at radius 1 is 0.963 bits per heavy atom. The highest BCUT2D eigenvalue weighted by Crippen LogP contribution is 2.28. The van der Waals surface area contributed by atoms with Crippen LogP contribution in [0.15, 0.2) is 48.0 Å². The summed E-state index contributed by atoms with van der Waals surface area (Å²) in [5.41, 5.74) is 1.46. The average Bonchev–Trinajstić information content (AvgIpc) is 2.62. The van der Waals surface area contributed by atoms with Crippen LogP contribution in [0.4, 0.5) is 10.5 Å². The van der Waals surface area contributed by atoms with E-state index in [1.54, 1.807) is 12.1 Å². The summed E-state index contributed by atoms with van der Waals surface area (Å²) in [4.78, 5) is 38.0. The summed E-state index contributed by atoms with van der Waals surface area (Å²) in [7, 11) is 0. The Bertz CT molecular complexity index is 961. The molecule has 138 valence electrons. The summed E-state index contributed by atoms with van der Waals surface area (Å²) in [5.74, 6) is -2.01. The minimum Gasteiger partial charge on any atom is -0.504 e. The number of rotatable bonds is 3. The molecule has 1 fully saturated rings. The lowest BCUT2D eigenvalue weighted by Crippen LogP contribution is -2.54. The number of aromatic hydroxyl groups is 2. The zero-order valence-electron chi connectivity index (χ0n) is 14.8. The van der Waals surface area contributed by atoms with E-state index >= 15 is 0 Å². The summed E-state index contributed by atoms with van der Waals surface area (Å²) in [6, 6.07) is 9.98. The first kappa shape index (κ1) is 18.2. The van der Waals surface area contributed by atoms with Crippen molar-refractivity contribution in [2.75, 3.05) is 4.90 Å². The molecule has 1 saturated heterocycles. The fourth-order valence-corrected chi connectivity index (χ4v) is 2.70. The molecule has 2 aromatic rings. The fourth-order valence-electron chi connectivity index (χ4n) is 2.70. The molecule has 0 saturated carbocycles. The van der Waals surface area contributed by atoms with E-state index in [0.717, 1.165) is 10.5 Å². The Kier molecular flexibility index (Phi) is 4.68. The first-order valence-electron chi connectivity index (χ1n) is 8.31. The van der Waals surface area contributed by atoms with Gasteiger partial charge in [-0.2, -0.15) is 0 Å². The number of phenols is 2. The highest BCUT2D eigenvalue weighted by Gasteiger charge is 2.36. The van der Waals surface area contributed by atoms with Gasteiger partial charge >= 0.3 is 6.03 Å². The lowest BCUT2D eigenvalue weighted by molar-refractivity contribution is -0.122. The minimum atomic E-state index is -0.826. The van der Waals surface area contributed by atoms with Crippen molar-refractivity contribution in [2.24, 2.45) is 0 Å². The SMILES string of the molecule is CC(C)c1ccc(N2C(=O)NC(=O)/C(=C/c3ccc(O)c(O)c3)C2=O)cc1. The number of imide groups is 2. The Hall–Kier alpha value is -3.61.